The third-order valence-electron chi connectivity index (χ3n) is 5.26. The summed E-state index contributed by atoms with van der Waals surface area (Å²) in [6.45, 7) is 4.61. The molecular formula is C22H22ClN3O2. The lowest BCUT2D eigenvalue weighted by Crippen LogP contribution is -2.30. The van der Waals surface area contributed by atoms with Crippen molar-refractivity contribution in [2.75, 3.05) is 6.54 Å². The third-order valence-corrected chi connectivity index (χ3v) is 5.67. The van der Waals surface area contributed by atoms with Gasteiger partial charge in [0.05, 0.1) is 6.04 Å². The third kappa shape index (κ3) is 2.96. The van der Waals surface area contributed by atoms with Crippen LogP contribution in [0.4, 0.5) is 0 Å². The number of carbonyl (C=O) groups is 1. The molecule has 0 spiro atoms. The number of unbranched alkanes of at least 4 members (excludes halogenated alkanes) is 1. The molecule has 1 atom stereocenters. The highest BCUT2D eigenvalue weighted by Crippen LogP contribution is 2.45. The molecule has 144 valence electrons. The lowest BCUT2D eigenvalue weighted by molar-refractivity contribution is 0.0741. The molecule has 0 aliphatic carbocycles. The molecule has 1 aliphatic heterocycles. The average Bonchev–Trinajstić information content (AvgIpc) is 3.23. The smallest absolute Gasteiger partial charge is 0.273 e. The second-order valence-corrected chi connectivity index (χ2v) is 7.55. The molecule has 6 heteroatoms. The minimum absolute atomic E-state index is 0.0613. The molecule has 1 aliphatic rings. The predicted octanol–water partition coefficient (Wildman–Crippen LogP) is 5.09. The number of aromatic amines is 1. The molecule has 1 amide bonds. The summed E-state index contributed by atoms with van der Waals surface area (Å²) in [5, 5.41) is 18.4. The van der Waals surface area contributed by atoms with Crippen molar-refractivity contribution in [2.45, 2.75) is 32.7 Å². The largest absolute Gasteiger partial charge is 0.507 e. The lowest BCUT2D eigenvalue weighted by atomic mass is 9.95. The number of nitrogens with zero attached hydrogens (tertiary/aromatic N) is 2. The van der Waals surface area contributed by atoms with Crippen molar-refractivity contribution in [1.82, 2.24) is 15.1 Å². The number of aromatic nitrogens is 2. The van der Waals surface area contributed by atoms with Crippen molar-refractivity contribution in [2.24, 2.45) is 0 Å². The van der Waals surface area contributed by atoms with Crippen LogP contribution in [0, 0.1) is 6.92 Å². The van der Waals surface area contributed by atoms with Crippen LogP contribution in [0.5, 0.6) is 5.75 Å². The van der Waals surface area contributed by atoms with Crippen molar-refractivity contribution in [3.05, 3.63) is 69.9 Å². The summed E-state index contributed by atoms with van der Waals surface area (Å²) in [4.78, 5) is 15.0. The topological polar surface area (TPSA) is 69.2 Å². The number of phenols is 1. The summed E-state index contributed by atoms with van der Waals surface area (Å²) < 4.78 is 0. The van der Waals surface area contributed by atoms with Gasteiger partial charge in [-0.15, -0.1) is 0 Å². The number of halogens is 1. The summed E-state index contributed by atoms with van der Waals surface area (Å²) in [5.74, 6) is 0.0382. The van der Waals surface area contributed by atoms with Crippen LogP contribution in [-0.2, 0) is 0 Å². The molecule has 0 saturated heterocycles. The SMILES string of the molecule is CCCCN1C(=O)c2[nH]nc(-c3cc(Cl)c(C)cc3O)c2C1c1ccccc1. The van der Waals surface area contributed by atoms with Gasteiger partial charge in [-0.2, -0.15) is 5.10 Å². The number of hydrogen-bond acceptors (Lipinski definition) is 3. The predicted molar refractivity (Wildman–Crippen MR) is 110 cm³/mol. The van der Waals surface area contributed by atoms with Crippen LogP contribution in [0.1, 0.15) is 53.0 Å². The molecular weight excluding hydrogens is 374 g/mol. The van der Waals surface area contributed by atoms with E-state index in [1.165, 1.54) is 0 Å². The van der Waals surface area contributed by atoms with Crippen LogP contribution in [-0.4, -0.2) is 32.7 Å². The van der Waals surface area contributed by atoms with Gasteiger partial charge in [0.15, 0.2) is 0 Å². The Bertz CT molecular complexity index is 1030. The van der Waals surface area contributed by atoms with Gasteiger partial charge in [-0.1, -0.05) is 55.3 Å². The molecule has 0 radical (unpaired) electrons. The van der Waals surface area contributed by atoms with Gasteiger partial charge in [-0.3, -0.25) is 9.89 Å². The van der Waals surface area contributed by atoms with Crippen LogP contribution in [0.15, 0.2) is 42.5 Å². The number of amides is 1. The zero-order valence-electron chi connectivity index (χ0n) is 15.9. The Morgan fingerprint density at radius 1 is 1.25 bits per heavy atom. The van der Waals surface area contributed by atoms with Crippen molar-refractivity contribution >= 4 is 17.5 Å². The van der Waals surface area contributed by atoms with Crippen molar-refractivity contribution in [3.63, 3.8) is 0 Å². The van der Waals surface area contributed by atoms with E-state index in [0.29, 0.717) is 28.5 Å². The minimum Gasteiger partial charge on any atom is -0.507 e. The lowest BCUT2D eigenvalue weighted by Gasteiger charge is -2.26. The molecule has 4 rings (SSSR count). The molecule has 5 nitrogen and oxygen atoms in total. The fraction of sp³-hybridized carbons (Fsp3) is 0.273. The zero-order chi connectivity index (χ0) is 19.8. The monoisotopic (exact) mass is 395 g/mol. The number of hydrogen-bond donors (Lipinski definition) is 2. The van der Waals surface area contributed by atoms with Gasteiger partial charge in [0.1, 0.15) is 17.1 Å². The van der Waals surface area contributed by atoms with Crippen LogP contribution in [0.25, 0.3) is 11.3 Å². The van der Waals surface area contributed by atoms with E-state index >= 15 is 0 Å². The molecule has 28 heavy (non-hydrogen) atoms. The Labute approximate surface area is 169 Å². The number of phenolic OH excluding ortho intramolecular Hbond substituents is 1. The van der Waals surface area contributed by atoms with E-state index in [9.17, 15) is 9.90 Å². The summed E-state index contributed by atoms with van der Waals surface area (Å²) in [6.07, 6.45) is 1.92. The van der Waals surface area contributed by atoms with Crippen LogP contribution in [0.2, 0.25) is 5.02 Å². The minimum atomic E-state index is -0.247. The number of fused-ring (bicyclic) bond motifs is 1. The normalized spacial score (nSPS) is 15.9. The van der Waals surface area contributed by atoms with Crippen LogP contribution < -0.4 is 0 Å². The standard InChI is InChI=1S/C22H22ClN3O2/c1-3-4-10-26-21(14-8-6-5-7-9-14)18-19(24-25-20(18)22(26)28)15-12-16(23)13(2)11-17(15)27/h5-9,11-12,21,27H,3-4,10H2,1-2H3,(H,24,25). The van der Waals surface area contributed by atoms with Crippen molar-refractivity contribution in [3.8, 4) is 17.0 Å². The fourth-order valence-electron chi connectivity index (χ4n) is 3.80. The number of H-pyrrole nitrogens is 1. The fourth-order valence-corrected chi connectivity index (χ4v) is 3.96. The summed E-state index contributed by atoms with van der Waals surface area (Å²) in [7, 11) is 0. The van der Waals surface area contributed by atoms with Crippen LogP contribution >= 0.6 is 11.6 Å². The van der Waals surface area contributed by atoms with Crippen molar-refractivity contribution < 1.29 is 9.90 Å². The van der Waals surface area contributed by atoms with E-state index in [2.05, 4.69) is 17.1 Å². The molecule has 2 heterocycles. The van der Waals surface area contributed by atoms with Crippen LogP contribution in [0.3, 0.4) is 0 Å². The maximum Gasteiger partial charge on any atom is 0.273 e. The van der Waals surface area contributed by atoms with Gasteiger partial charge in [-0.25, -0.2) is 0 Å². The van der Waals surface area contributed by atoms with Gasteiger partial charge in [0, 0.05) is 22.7 Å². The number of nitrogens with one attached hydrogen (secondary N) is 1. The summed E-state index contributed by atoms with van der Waals surface area (Å²) >= 11 is 6.31. The molecule has 2 aromatic carbocycles. The molecule has 0 saturated carbocycles. The van der Waals surface area contributed by atoms with E-state index < -0.39 is 0 Å². The summed E-state index contributed by atoms with van der Waals surface area (Å²) in [5.41, 5.74) is 4.18. The number of benzene rings is 2. The molecule has 1 unspecified atom stereocenters. The quantitative estimate of drug-likeness (QED) is 0.632. The Balaban J connectivity index is 1.90. The first-order valence-corrected chi connectivity index (χ1v) is 9.84. The molecule has 0 fully saturated rings. The van der Waals surface area contributed by atoms with Gasteiger partial charge >= 0.3 is 0 Å². The highest BCUT2D eigenvalue weighted by Gasteiger charge is 2.42. The Morgan fingerprint density at radius 3 is 2.71 bits per heavy atom. The van der Waals surface area contributed by atoms with E-state index in [0.717, 1.165) is 29.5 Å². The number of aromatic hydroxyl groups is 1. The van der Waals surface area contributed by atoms with E-state index in [-0.39, 0.29) is 17.7 Å². The first-order chi connectivity index (χ1) is 13.5. The second-order valence-electron chi connectivity index (χ2n) is 7.14. The highest BCUT2D eigenvalue weighted by atomic mass is 35.5. The number of carbonyl (C=O) groups excluding carboxylic acids is 1. The second kappa shape index (κ2) is 7.32. The first kappa shape index (κ1) is 18.6. The van der Waals surface area contributed by atoms with Gasteiger partial charge in [-0.05, 0) is 36.6 Å². The maximum absolute atomic E-state index is 13.1. The Kier molecular flexibility index (Phi) is 4.85. The number of rotatable bonds is 5. The van der Waals surface area contributed by atoms with Gasteiger partial charge in [0.25, 0.3) is 5.91 Å². The molecule has 1 aromatic heterocycles. The summed E-state index contributed by atoms with van der Waals surface area (Å²) in [6, 6.07) is 13.0. The molecule has 0 bridgehead atoms. The number of aryl methyl sites for hydroxylation is 1. The average molecular weight is 396 g/mol. The van der Waals surface area contributed by atoms with E-state index in [1.807, 2.05) is 42.2 Å². The molecule has 3 aromatic rings. The van der Waals surface area contributed by atoms with Crippen molar-refractivity contribution in [1.29, 1.82) is 0 Å². The maximum atomic E-state index is 13.1. The first-order valence-electron chi connectivity index (χ1n) is 9.46. The molecule has 2 N–H and O–H groups in total. The highest BCUT2D eigenvalue weighted by molar-refractivity contribution is 6.31. The van der Waals surface area contributed by atoms with E-state index in [1.54, 1.807) is 12.1 Å². The van der Waals surface area contributed by atoms with Gasteiger partial charge in [0.2, 0.25) is 0 Å². The zero-order valence-corrected chi connectivity index (χ0v) is 16.6. The Morgan fingerprint density at radius 2 is 2.00 bits per heavy atom. The van der Waals surface area contributed by atoms with Gasteiger partial charge < -0.3 is 10.0 Å². The van der Waals surface area contributed by atoms with E-state index in [4.69, 9.17) is 11.6 Å². The Hall–Kier alpha value is -2.79.